The highest BCUT2D eigenvalue weighted by molar-refractivity contribution is 8.00. The minimum Gasteiger partial charge on any atom is -0.493 e. The maximum Gasteiger partial charge on any atom is 0.233 e. The molecular formula is C20H29N3O4S. The average molecular weight is 408 g/mol. The Labute approximate surface area is 170 Å². The molecule has 2 fully saturated rings. The predicted octanol–water partition coefficient (Wildman–Crippen LogP) is 1.83. The SMILES string of the molecule is CCC(=O)N1CCN(CCN2C(=O)CS[C@@H]2c2ccc(OC)c(OC)c2)CC1. The number of methoxy groups -OCH3 is 2. The summed E-state index contributed by atoms with van der Waals surface area (Å²) in [6.45, 7) is 6.68. The van der Waals surface area contributed by atoms with E-state index in [9.17, 15) is 9.59 Å². The summed E-state index contributed by atoms with van der Waals surface area (Å²) in [4.78, 5) is 30.5. The van der Waals surface area contributed by atoms with Gasteiger partial charge in [0.05, 0.1) is 20.0 Å². The molecule has 1 aromatic carbocycles. The fourth-order valence-corrected chi connectivity index (χ4v) is 4.88. The van der Waals surface area contributed by atoms with Gasteiger partial charge >= 0.3 is 0 Å². The van der Waals surface area contributed by atoms with Crippen LogP contribution in [0, 0.1) is 0 Å². The molecule has 2 amide bonds. The number of amides is 2. The number of thioether (sulfide) groups is 1. The highest BCUT2D eigenvalue weighted by atomic mass is 32.2. The summed E-state index contributed by atoms with van der Waals surface area (Å²) in [5.74, 6) is 2.25. The molecule has 0 aliphatic carbocycles. The molecule has 0 aromatic heterocycles. The number of carbonyl (C=O) groups is 2. The van der Waals surface area contributed by atoms with E-state index in [0.29, 0.717) is 30.2 Å². The van der Waals surface area contributed by atoms with Crippen LogP contribution >= 0.6 is 11.8 Å². The van der Waals surface area contributed by atoms with E-state index in [4.69, 9.17) is 9.47 Å². The number of nitrogens with zero attached hydrogens (tertiary/aromatic N) is 3. The van der Waals surface area contributed by atoms with Gasteiger partial charge in [-0.15, -0.1) is 11.8 Å². The quantitative estimate of drug-likeness (QED) is 0.687. The Kier molecular flexibility index (Phi) is 7.07. The Morgan fingerprint density at radius 3 is 2.46 bits per heavy atom. The Hall–Kier alpha value is -1.93. The van der Waals surface area contributed by atoms with Crippen molar-refractivity contribution in [2.75, 3.05) is 59.2 Å². The Balaban J connectivity index is 1.60. The minimum absolute atomic E-state index is 0.00438. The minimum atomic E-state index is -0.00438. The predicted molar refractivity (Wildman–Crippen MR) is 110 cm³/mol. The summed E-state index contributed by atoms with van der Waals surface area (Å²) in [7, 11) is 3.24. The summed E-state index contributed by atoms with van der Waals surface area (Å²) in [5.41, 5.74) is 1.05. The fourth-order valence-electron chi connectivity index (χ4n) is 3.67. The van der Waals surface area contributed by atoms with Crippen LogP contribution in [0.15, 0.2) is 18.2 Å². The molecule has 2 saturated heterocycles. The zero-order valence-electron chi connectivity index (χ0n) is 16.8. The van der Waals surface area contributed by atoms with E-state index in [-0.39, 0.29) is 17.2 Å². The average Bonchev–Trinajstić information content (AvgIpc) is 3.11. The van der Waals surface area contributed by atoms with Crippen LogP contribution in [-0.4, -0.2) is 85.8 Å². The van der Waals surface area contributed by atoms with Gasteiger partial charge in [-0.05, 0) is 17.7 Å². The van der Waals surface area contributed by atoms with Gasteiger partial charge in [-0.3, -0.25) is 14.5 Å². The van der Waals surface area contributed by atoms with Crippen LogP contribution in [0.1, 0.15) is 24.3 Å². The third-order valence-corrected chi connectivity index (χ3v) is 6.60. The topological polar surface area (TPSA) is 62.3 Å². The van der Waals surface area contributed by atoms with Crippen LogP contribution in [0.5, 0.6) is 11.5 Å². The molecule has 154 valence electrons. The van der Waals surface area contributed by atoms with Gasteiger partial charge in [-0.1, -0.05) is 13.0 Å². The van der Waals surface area contributed by atoms with E-state index in [1.165, 1.54) is 0 Å². The first-order valence-corrected chi connectivity index (χ1v) is 10.7. The number of rotatable bonds is 7. The zero-order chi connectivity index (χ0) is 20.1. The molecule has 2 aliphatic heterocycles. The summed E-state index contributed by atoms with van der Waals surface area (Å²) < 4.78 is 10.7. The van der Waals surface area contributed by atoms with Gasteiger partial charge < -0.3 is 19.3 Å². The lowest BCUT2D eigenvalue weighted by Crippen LogP contribution is -2.50. The van der Waals surface area contributed by atoms with Gasteiger partial charge in [0.25, 0.3) is 0 Å². The molecule has 3 rings (SSSR count). The molecule has 28 heavy (non-hydrogen) atoms. The molecule has 2 aliphatic rings. The van der Waals surface area contributed by atoms with Crippen molar-refractivity contribution in [1.29, 1.82) is 0 Å². The molecule has 0 spiro atoms. The number of hydrogen-bond donors (Lipinski definition) is 0. The Morgan fingerprint density at radius 1 is 1.11 bits per heavy atom. The lowest BCUT2D eigenvalue weighted by atomic mass is 10.1. The summed E-state index contributed by atoms with van der Waals surface area (Å²) >= 11 is 1.65. The monoisotopic (exact) mass is 407 g/mol. The molecular weight excluding hydrogens is 378 g/mol. The molecule has 0 N–H and O–H groups in total. The summed E-state index contributed by atoms with van der Waals surface area (Å²) in [6, 6.07) is 5.84. The number of ether oxygens (including phenoxy) is 2. The van der Waals surface area contributed by atoms with Gasteiger partial charge in [0, 0.05) is 45.7 Å². The molecule has 0 saturated carbocycles. The van der Waals surface area contributed by atoms with Crippen molar-refractivity contribution < 1.29 is 19.1 Å². The standard InChI is InChI=1S/C20H29N3O4S/c1-4-18(24)22-10-7-21(8-11-22)9-12-23-19(25)14-28-20(23)15-5-6-16(26-2)17(13-15)27-3/h5-6,13,20H,4,7-12,14H2,1-3H3/t20-/m1/s1. The van der Waals surface area contributed by atoms with Crippen LogP contribution in [0.25, 0.3) is 0 Å². The van der Waals surface area contributed by atoms with Crippen LogP contribution in [-0.2, 0) is 9.59 Å². The number of benzene rings is 1. The van der Waals surface area contributed by atoms with Crippen LogP contribution < -0.4 is 9.47 Å². The van der Waals surface area contributed by atoms with Gasteiger partial charge in [0.15, 0.2) is 11.5 Å². The van der Waals surface area contributed by atoms with Gasteiger partial charge in [0.2, 0.25) is 11.8 Å². The van der Waals surface area contributed by atoms with Gasteiger partial charge in [-0.2, -0.15) is 0 Å². The normalized spacial score (nSPS) is 20.5. The highest BCUT2D eigenvalue weighted by Gasteiger charge is 2.33. The lowest BCUT2D eigenvalue weighted by Gasteiger charge is -2.36. The second-order valence-corrected chi connectivity index (χ2v) is 8.01. The maximum absolute atomic E-state index is 12.5. The van der Waals surface area contributed by atoms with Crippen molar-refractivity contribution in [3.63, 3.8) is 0 Å². The first-order chi connectivity index (χ1) is 13.6. The van der Waals surface area contributed by atoms with Crippen molar-refractivity contribution in [3.05, 3.63) is 23.8 Å². The zero-order valence-corrected chi connectivity index (χ0v) is 17.7. The van der Waals surface area contributed by atoms with Crippen LogP contribution in [0.2, 0.25) is 0 Å². The fraction of sp³-hybridized carbons (Fsp3) is 0.600. The third-order valence-electron chi connectivity index (χ3n) is 5.35. The van der Waals surface area contributed by atoms with Gasteiger partial charge in [0.1, 0.15) is 5.37 Å². The number of hydrogen-bond acceptors (Lipinski definition) is 6. The molecule has 1 aromatic rings. The lowest BCUT2D eigenvalue weighted by molar-refractivity contribution is -0.132. The molecule has 0 unspecified atom stereocenters. The molecule has 0 bridgehead atoms. The number of piperazine rings is 1. The van der Waals surface area contributed by atoms with E-state index in [1.807, 2.05) is 34.9 Å². The second kappa shape index (κ2) is 9.52. The van der Waals surface area contributed by atoms with Gasteiger partial charge in [-0.25, -0.2) is 0 Å². The second-order valence-electron chi connectivity index (χ2n) is 6.94. The Morgan fingerprint density at radius 2 is 1.82 bits per heavy atom. The summed E-state index contributed by atoms with van der Waals surface area (Å²) in [5, 5.41) is -0.00438. The maximum atomic E-state index is 12.5. The van der Waals surface area contributed by atoms with E-state index >= 15 is 0 Å². The smallest absolute Gasteiger partial charge is 0.233 e. The van der Waals surface area contributed by atoms with E-state index in [0.717, 1.165) is 38.3 Å². The molecule has 0 radical (unpaired) electrons. The van der Waals surface area contributed by atoms with Crippen molar-refractivity contribution in [2.45, 2.75) is 18.7 Å². The first kappa shape index (κ1) is 20.8. The number of carbonyl (C=O) groups excluding carboxylic acids is 2. The molecule has 1 atom stereocenters. The molecule has 8 heteroatoms. The van der Waals surface area contributed by atoms with Crippen molar-refractivity contribution >= 4 is 23.6 Å². The Bertz CT molecular complexity index is 707. The van der Waals surface area contributed by atoms with E-state index in [2.05, 4.69) is 4.90 Å². The first-order valence-electron chi connectivity index (χ1n) is 9.70. The summed E-state index contributed by atoms with van der Waals surface area (Å²) in [6.07, 6.45) is 0.562. The largest absolute Gasteiger partial charge is 0.493 e. The molecule has 2 heterocycles. The van der Waals surface area contributed by atoms with Crippen molar-refractivity contribution in [3.8, 4) is 11.5 Å². The van der Waals surface area contributed by atoms with Crippen molar-refractivity contribution in [1.82, 2.24) is 14.7 Å². The van der Waals surface area contributed by atoms with Crippen molar-refractivity contribution in [2.24, 2.45) is 0 Å². The van der Waals surface area contributed by atoms with Crippen LogP contribution in [0.3, 0.4) is 0 Å². The highest BCUT2D eigenvalue weighted by Crippen LogP contribution is 2.41. The third kappa shape index (κ3) is 4.55. The van der Waals surface area contributed by atoms with E-state index < -0.39 is 0 Å². The van der Waals surface area contributed by atoms with E-state index in [1.54, 1.807) is 26.0 Å². The molecule has 7 nitrogen and oxygen atoms in total. The van der Waals surface area contributed by atoms with Crippen LogP contribution in [0.4, 0.5) is 0 Å².